The largest absolute Gasteiger partial charge is 0.316 e. The molecular formula is C18H18N2. The lowest BCUT2D eigenvalue weighted by atomic mass is 9.66. The molecule has 1 atom stereocenters. The minimum absolute atomic E-state index is 0.317. The monoisotopic (exact) mass is 262 g/mol. The van der Waals surface area contributed by atoms with Gasteiger partial charge in [-0.2, -0.15) is 5.26 Å². The third kappa shape index (κ3) is 2.01. The summed E-state index contributed by atoms with van der Waals surface area (Å²) in [6, 6.07) is 23.1. The molecule has 0 radical (unpaired) electrons. The molecule has 0 saturated carbocycles. The Bertz CT molecular complexity index is 553. The summed E-state index contributed by atoms with van der Waals surface area (Å²) in [6.07, 6.45) is 1.04. The van der Waals surface area contributed by atoms with Gasteiger partial charge in [0.15, 0.2) is 0 Å². The van der Waals surface area contributed by atoms with Gasteiger partial charge in [-0.1, -0.05) is 60.7 Å². The molecule has 0 amide bonds. The summed E-state index contributed by atoms with van der Waals surface area (Å²) in [7, 11) is 0. The Morgan fingerprint density at radius 3 is 1.90 bits per heavy atom. The van der Waals surface area contributed by atoms with Gasteiger partial charge in [0.05, 0.1) is 6.07 Å². The van der Waals surface area contributed by atoms with Crippen molar-refractivity contribution >= 4 is 0 Å². The summed E-state index contributed by atoms with van der Waals surface area (Å²) < 4.78 is 0. The van der Waals surface area contributed by atoms with E-state index in [1.807, 2.05) is 36.4 Å². The Morgan fingerprint density at radius 1 is 0.950 bits per heavy atom. The maximum atomic E-state index is 10.1. The Balaban J connectivity index is 2.19. The van der Waals surface area contributed by atoms with Crippen LogP contribution in [-0.2, 0) is 5.41 Å². The maximum Gasteiger partial charge on any atom is 0.111 e. The Morgan fingerprint density at radius 2 is 1.50 bits per heavy atom. The van der Waals surface area contributed by atoms with E-state index in [0.29, 0.717) is 5.92 Å². The van der Waals surface area contributed by atoms with Crippen LogP contribution in [0.1, 0.15) is 17.5 Å². The standard InChI is InChI=1S/C18H18N2/c19-14-18(17-11-12-20-13-17,15-7-3-1-4-8-15)16-9-5-2-6-10-16/h1-10,17,20H,11-13H2/t17-/m0/s1. The highest BCUT2D eigenvalue weighted by Crippen LogP contribution is 2.41. The minimum Gasteiger partial charge on any atom is -0.316 e. The van der Waals surface area contributed by atoms with Gasteiger partial charge in [-0.15, -0.1) is 0 Å². The van der Waals surface area contributed by atoms with Crippen molar-refractivity contribution in [1.82, 2.24) is 5.32 Å². The molecule has 0 bridgehead atoms. The van der Waals surface area contributed by atoms with E-state index in [1.54, 1.807) is 0 Å². The van der Waals surface area contributed by atoms with E-state index in [9.17, 15) is 5.26 Å². The van der Waals surface area contributed by atoms with Crippen LogP contribution in [0.25, 0.3) is 0 Å². The molecule has 1 heterocycles. The number of rotatable bonds is 3. The second-order valence-electron chi connectivity index (χ2n) is 5.34. The van der Waals surface area contributed by atoms with Gasteiger partial charge in [0.2, 0.25) is 0 Å². The fourth-order valence-corrected chi connectivity index (χ4v) is 3.28. The molecule has 1 aliphatic rings. The van der Waals surface area contributed by atoms with E-state index in [2.05, 4.69) is 35.7 Å². The molecule has 0 unspecified atom stereocenters. The normalized spacial score (nSPS) is 18.6. The summed E-state index contributed by atoms with van der Waals surface area (Å²) in [5.41, 5.74) is 1.65. The second-order valence-corrected chi connectivity index (χ2v) is 5.34. The first kappa shape index (κ1) is 12.9. The smallest absolute Gasteiger partial charge is 0.111 e. The number of nitrogens with one attached hydrogen (secondary N) is 1. The highest BCUT2D eigenvalue weighted by atomic mass is 14.9. The first-order chi connectivity index (χ1) is 9.88. The van der Waals surface area contributed by atoms with Crippen LogP contribution < -0.4 is 5.32 Å². The quantitative estimate of drug-likeness (QED) is 0.922. The molecule has 2 aromatic carbocycles. The number of hydrogen-bond donors (Lipinski definition) is 1. The van der Waals surface area contributed by atoms with Gasteiger partial charge < -0.3 is 5.32 Å². The Hall–Kier alpha value is -2.11. The molecule has 0 aromatic heterocycles. The predicted molar refractivity (Wildman–Crippen MR) is 80.3 cm³/mol. The third-order valence-electron chi connectivity index (χ3n) is 4.31. The molecule has 2 heteroatoms. The molecule has 0 spiro atoms. The van der Waals surface area contributed by atoms with Gasteiger partial charge in [0.1, 0.15) is 5.41 Å². The molecule has 2 nitrogen and oxygen atoms in total. The van der Waals surface area contributed by atoms with Crippen LogP contribution in [0.15, 0.2) is 60.7 Å². The van der Waals surface area contributed by atoms with E-state index in [1.165, 1.54) is 0 Å². The molecule has 100 valence electrons. The van der Waals surface area contributed by atoms with Crippen LogP contribution in [0, 0.1) is 17.2 Å². The zero-order valence-electron chi connectivity index (χ0n) is 11.4. The van der Waals surface area contributed by atoms with Crippen molar-refractivity contribution in [3.8, 4) is 6.07 Å². The van der Waals surface area contributed by atoms with Gasteiger partial charge in [-0.05, 0) is 30.0 Å². The van der Waals surface area contributed by atoms with Crippen LogP contribution in [0.4, 0.5) is 0 Å². The zero-order valence-corrected chi connectivity index (χ0v) is 11.4. The summed E-state index contributed by atoms with van der Waals surface area (Å²) in [4.78, 5) is 0. The van der Waals surface area contributed by atoms with Gasteiger partial charge >= 0.3 is 0 Å². The minimum atomic E-state index is -0.550. The van der Waals surface area contributed by atoms with E-state index in [0.717, 1.165) is 30.6 Å². The third-order valence-corrected chi connectivity index (χ3v) is 4.31. The van der Waals surface area contributed by atoms with Crippen molar-refractivity contribution in [3.63, 3.8) is 0 Å². The average Bonchev–Trinajstić information content (AvgIpc) is 3.06. The first-order valence-corrected chi connectivity index (χ1v) is 7.11. The van der Waals surface area contributed by atoms with Crippen molar-refractivity contribution in [2.75, 3.05) is 13.1 Å². The molecule has 2 aromatic rings. The highest BCUT2D eigenvalue weighted by molar-refractivity contribution is 5.47. The lowest BCUT2D eigenvalue weighted by molar-refractivity contribution is 0.425. The SMILES string of the molecule is N#CC(c1ccccc1)(c1ccccc1)[C@H]1CCNC1. The maximum absolute atomic E-state index is 10.1. The van der Waals surface area contributed by atoms with Crippen molar-refractivity contribution in [2.45, 2.75) is 11.8 Å². The van der Waals surface area contributed by atoms with E-state index in [-0.39, 0.29) is 0 Å². The summed E-state index contributed by atoms with van der Waals surface area (Å²) in [5.74, 6) is 0.317. The summed E-state index contributed by atoms with van der Waals surface area (Å²) in [6.45, 7) is 1.89. The van der Waals surface area contributed by atoms with Gasteiger partial charge in [-0.25, -0.2) is 0 Å². The van der Waals surface area contributed by atoms with Gasteiger partial charge in [-0.3, -0.25) is 0 Å². The number of nitriles is 1. The van der Waals surface area contributed by atoms with Crippen molar-refractivity contribution in [2.24, 2.45) is 5.92 Å². The van der Waals surface area contributed by atoms with Crippen LogP contribution in [0.3, 0.4) is 0 Å². The topological polar surface area (TPSA) is 35.8 Å². The number of hydrogen-bond acceptors (Lipinski definition) is 2. The first-order valence-electron chi connectivity index (χ1n) is 7.11. The van der Waals surface area contributed by atoms with Gasteiger partial charge in [0, 0.05) is 6.54 Å². The lowest BCUT2D eigenvalue weighted by Crippen LogP contribution is -2.36. The van der Waals surface area contributed by atoms with E-state index >= 15 is 0 Å². The molecular weight excluding hydrogens is 244 g/mol. The number of nitrogens with zero attached hydrogens (tertiary/aromatic N) is 1. The van der Waals surface area contributed by atoms with Crippen LogP contribution in [-0.4, -0.2) is 13.1 Å². The average molecular weight is 262 g/mol. The molecule has 3 rings (SSSR count). The molecule has 1 aliphatic heterocycles. The predicted octanol–water partition coefficient (Wildman–Crippen LogP) is 3.11. The second kappa shape index (κ2) is 5.48. The van der Waals surface area contributed by atoms with Crippen molar-refractivity contribution < 1.29 is 0 Å². The molecule has 0 aliphatic carbocycles. The fraction of sp³-hybridized carbons (Fsp3) is 0.278. The molecule has 20 heavy (non-hydrogen) atoms. The van der Waals surface area contributed by atoms with E-state index in [4.69, 9.17) is 0 Å². The summed E-state index contributed by atoms with van der Waals surface area (Å²) >= 11 is 0. The Labute approximate surface area is 120 Å². The Kier molecular flexibility index (Phi) is 3.54. The van der Waals surface area contributed by atoms with Crippen LogP contribution >= 0.6 is 0 Å². The molecule has 1 fully saturated rings. The fourth-order valence-electron chi connectivity index (χ4n) is 3.28. The van der Waals surface area contributed by atoms with E-state index < -0.39 is 5.41 Å². The van der Waals surface area contributed by atoms with Crippen LogP contribution in [0.5, 0.6) is 0 Å². The molecule has 1 N–H and O–H groups in total. The number of benzene rings is 2. The lowest BCUT2D eigenvalue weighted by Gasteiger charge is -2.33. The van der Waals surface area contributed by atoms with Crippen molar-refractivity contribution in [3.05, 3.63) is 71.8 Å². The van der Waals surface area contributed by atoms with Gasteiger partial charge in [0.25, 0.3) is 0 Å². The zero-order chi connectivity index (χ0) is 13.8. The highest BCUT2D eigenvalue weighted by Gasteiger charge is 2.43. The van der Waals surface area contributed by atoms with Crippen molar-refractivity contribution in [1.29, 1.82) is 5.26 Å². The summed E-state index contributed by atoms with van der Waals surface area (Å²) in [5, 5.41) is 13.5. The van der Waals surface area contributed by atoms with Crippen LogP contribution in [0.2, 0.25) is 0 Å². The molecule has 1 saturated heterocycles.